The summed E-state index contributed by atoms with van der Waals surface area (Å²) in [7, 11) is 0. The summed E-state index contributed by atoms with van der Waals surface area (Å²) < 4.78 is 0. The second-order valence-electron chi connectivity index (χ2n) is 4.94. The summed E-state index contributed by atoms with van der Waals surface area (Å²) in [6.45, 7) is 3.13. The van der Waals surface area contributed by atoms with Gasteiger partial charge in [0.25, 0.3) is 0 Å². The molecule has 15 heavy (non-hydrogen) atoms. The van der Waals surface area contributed by atoms with Gasteiger partial charge in [0.2, 0.25) is 5.91 Å². The maximum atomic E-state index is 11.5. The molecule has 0 spiro atoms. The number of rotatable bonds is 6. The standard InChI is InChI=1S/C12H22ClNO/c1-12(7-3-4-8-12)10-14-11(15)6-2-5-9-13/h2-10H2,1H3,(H,14,15). The van der Waals surface area contributed by atoms with Crippen LogP contribution in [-0.4, -0.2) is 18.3 Å². The Kier molecular flexibility index (Phi) is 5.44. The van der Waals surface area contributed by atoms with Crippen LogP contribution >= 0.6 is 11.6 Å². The van der Waals surface area contributed by atoms with Crippen molar-refractivity contribution in [2.24, 2.45) is 5.41 Å². The van der Waals surface area contributed by atoms with Crippen molar-refractivity contribution in [1.29, 1.82) is 0 Å². The summed E-state index contributed by atoms with van der Waals surface area (Å²) in [4.78, 5) is 11.5. The molecule has 0 unspecified atom stereocenters. The Morgan fingerprint density at radius 1 is 1.33 bits per heavy atom. The fourth-order valence-corrected chi connectivity index (χ4v) is 2.37. The molecule has 0 saturated heterocycles. The van der Waals surface area contributed by atoms with E-state index in [9.17, 15) is 4.79 Å². The molecule has 0 aromatic rings. The van der Waals surface area contributed by atoms with Gasteiger partial charge in [-0.3, -0.25) is 4.79 Å². The zero-order valence-corrected chi connectivity index (χ0v) is 10.4. The van der Waals surface area contributed by atoms with Crippen molar-refractivity contribution in [3.05, 3.63) is 0 Å². The number of unbranched alkanes of at least 4 members (excludes halogenated alkanes) is 1. The largest absolute Gasteiger partial charge is 0.356 e. The van der Waals surface area contributed by atoms with E-state index >= 15 is 0 Å². The molecule has 1 amide bonds. The first kappa shape index (κ1) is 12.8. The number of hydrogen-bond acceptors (Lipinski definition) is 1. The first-order chi connectivity index (χ1) is 7.16. The molecule has 1 saturated carbocycles. The van der Waals surface area contributed by atoms with Gasteiger partial charge in [0.1, 0.15) is 0 Å². The lowest BCUT2D eigenvalue weighted by Crippen LogP contribution is -2.33. The quantitative estimate of drug-likeness (QED) is 0.553. The molecule has 0 atom stereocenters. The summed E-state index contributed by atoms with van der Waals surface area (Å²) in [6.07, 6.45) is 7.63. The summed E-state index contributed by atoms with van der Waals surface area (Å²) in [5.74, 6) is 0.846. The fraction of sp³-hybridized carbons (Fsp3) is 0.917. The predicted molar refractivity (Wildman–Crippen MR) is 64.2 cm³/mol. The van der Waals surface area contributed by atoms with E-state index in [1.54, 1.807) is 0 Å². The average molecular weight is 232 g/mol. The molecule has 0 aromatic heterocycles. The van der Waals surface area contributed by atoms with Crippen LogP contribution in [0.25, 0.3) is 0 Å². The lowest BCUT2D eigenvalue weighted by atomic mass is 9.89. The molecule has 3 heteroatoms. The monoisotopic (exact) mass is 231 g/mol. The lowest BCUT2D eigenvalue weighted by molar-refractivity contribution is -0.121. The summed E-state index contributed by atoms with van der Waals surface area (Å²) in [6, 6.07) is 0. The normalized spacial score (nSPS) is 19.1. The third kappa shape index (κ3) is 4.87. The zero-order valence-electron chi connectivity index (χ0n) is 9.65. The number of amides is 1. The third-order valence-corrected chi connectivity index (χ3v) is 3.58. The van der Waals surface area contributed by atoms with Crippen molar-refractivity contribution < 1.29 is 4.79 Å². The highest BCUT2D eigenvalue weighted by Crippen LogP contribution is 2.36. The topological polar surface area (TPSA) is 29.1 Å². The van der Waals surface area contributed by atoms with Crippen LogP contribution in [0.3, 0.4) is 0 Å². The van der Waals surface area contributed by atoms with Crippen molar-refractivity contribution >= 4 is 17.5 Å². The average Bonchev–Trinajstić information content (AvgIpc) is 2.64. The Labute approximate surface area is 97.8 Å². The van der Waals surface area contributed by atoms with Gasteiger partial charge >= 0.3 is 0 Å². The van der Waals surface area contributed by atoms with Crippen molar-refractivity contribution in [2.45, 2.75) is 51.9 Å². The summed E-state index contributed by atoms with van der Waals surface area (Å²) >= 11 is 5.56. The van der Waals surface area contributed by atoms with E-state index in [4.69, 9.17) is 11.6 Å². The molecule has 1 aliphatic rings. The number of nitrogens with one attached hydrogen (secondary N) is 1. The number of hydrogen-bond donors (Lipinski definition) is 1. The Balaban J connectivity index is 2.10. The Morgan fingerprint density at radius 3 is 2.60 bits per heavy atom. The highest BCUT2D eigenvalue weighted by Gasteiger charge is 2.28. The maximum absolute atomic E-state index is 11.5. The molecule has 0 radical (unpaired) electrons. The minimum atomic E-state index is 0.188. The highest BCUT2D eigenvalue weighted by atomic mass is 35.5. The van der Waals surface area contributed by atoms with Gasteiger partial charge in [0.05, 0.1) is 0 Å². The number of carbonyl (C=O) groups is 1. The van der Waals surface area contributed by atoms with Crippen molar-refractivity contribution in [2.75, 3.05) is 12.4 Å². The predicted octanol–water partition coefficient (Wildman–Crippen LogP) is 3.09. The molecular formula is C12H22ClNO. The van der Waals surface area contributed by atoms with Crippen LogP contribution in [0.1, 0.15) is 51.9 Å². The van der Waals surface area contributed by atoms with Gasteiger partial charge in [-0.05, 0) is 31.1 Å². The number of carbonyl (C=O) groups excluding carboxylic acids is 1. The number of alkyl halides is 1. The fourth-order valence-electron chi connectivity index (χ4n) is 2.19. The molecule has 0 aromatic carbocycles. The first-order valence-corrected chi connectivity index (χ1v) is 6.52. The molecule has 0 aliphatic heterocycles. The minimum absolute atomic E-state index is 0.188. The summed E-state index contributed by atoms with van der Waals surface area (Å²) in [5.41, 5.74) is 0.363. The van der Waals surface area contributed by atoms with Crippen LogP contribution < -0.4 is 5.32 Å². The smallest absolute Gasteiger partial charge is 0.220 e. The lowest BCUT2D eigenvalue weighted by Gasteiger charge is -2.23. The van der Waals surface area contributed by atoms with Crippen LogP contribution in [0.15, 0.2) is 0 Å². The maximum Gasteiger partial charge on any atom is 0.220 e. The van der Waals surface area contributed by atoms with Gasteiger partial charge in [0, 0.05) is 18.8 Å². The molecule has 1 fully saturated rings. The molecular weight excluding hydrogens is 210 g/mol. The Bertz CT molecular complexity index is 200. The van der Waals surface area contributed by atoms with Crippen molar-refractivity contribution in [1.82, 2.24) is 5.32 Å². The Morgan fingerprint density at radius 2 is 2.00 bits per heavy atom. The van der Waals surface area contributed by atoms with E-state index in [1.165, 1.54) is 25.7 Å². The van der Waals surface area contributed by atoms with E-state index in [1.807, 2.05) is 0 Å². The molecule has 88 valence electrons. The Hall–Kier alpha value is -0.240. The molecule has 1 N–H and O–H groups in total. The van der Waals surface area contributed by atoms with Crippen molar-refractivity contribution in [3.63, 3.8) is 0 Å². The SMILES string of the molecule is CC1(CNC(=O)CCCCCl)CCCC1. The van der Waals surface area contributed by atoms with Crippen LogP contribution in [0.5, 0.6) is 0 Å². The van der Waals surface area contributed by atoms with Gasteiger partial charge in [-0.2, -0.15) is 0 Å². The second-order valence-corrected chi connectivity index (χ2v) is 5.32. The molecule has 0 bridgehead atoms. The van der Waals surface area contributed by atoms with Crippen LogP contribution in [0, 0.1) is 5.41 Å². The molecule has 2 nitrogen and oxygen atoms in total. The van der Waals surface area contributed by atoms with E-state index in [0.717, 1.165) is 19.4 Å². The highest BCUT2D eigenvalue weighted by molar-refractivity contribution is 6.17. The van der Waals surface area contributed by atoms with E-state index < -0.39 is 0 Å². The van der Waals surface area contributed by atoms with Gasteiger partial charge in [0.15, 0.2) is 0 Å². The number of halogens is 1. The van der Waals surface area contributed by atoms with Gasteiger partial charge in [-0.15, -0.1) is 11.6 Å². The second kappa shape index (κ2) is 6.37. The summed E-state index contributed by atoms with van der Waals surface area (Å²) in [5, 5.41) is 3.04. The van der Waals surface area contributed by atoms with Gasteiger partial charge in [-0.25, -0.2) is 0 Å². The van der Waals surface area contributed by atoms with E-state index in [2.05, 4.69) is 12.2 Å². The molecule has 0 heterocycles. The van der Waals surface area contributed by atoms with Crippen LogP contribution in [0.2, 0.25) is 0 Å². The first-order valence-electron chi connectivity index (χ1n) is 5.99. The van der Waals surface area contributed by atoms with Gasteiger partial charge < -0.3 is 5.32 Å². The van der Waals surface area contributed by atoms with Gasteiger partial charge in [-0.1, -0.05) is 19.8 Å². The molecule has 1 aliphatic carbocycles. The van der Waals surface area contributed by atoms with Crippen molar-refractivity contribution in [3.8, 4) is 0 Å². The third-order valence-electron chi connectivity index (χ3n) is 3.31. The van der Waals surface area contributed by atoms with Crippen LogP contribution in [-0.2, 0) is 4.79 Å². The minimum Gasteiger partial charge on any atom is -0.356 e. The van der Waals surface area contributed by atoms with Crippen LogP contribution in [0.4, 0.5) is 0 Å². The van der Waals surface area contributed by atoms with E-state index in [0.29, 0.717) is 17.7 Å². The zero-order chi connectivity index (χ0) is 11.1. The van der Waals surface area contributed by atoms with E-state index in [-0.39, 0.29) is 5.91 Å². The molecule has 1 rings (SSSR count).